The summed E-state index contributed by atoms with van der Waals surface area (Å²) in [6.07, 6.45) is 3.58. The monoisotopic (exact) mass is 435 g/mol. The number of hydrogen-bond donors (Lipinski definition) is 2. The molecule has 2 unspecified atom stereocenters. The van der Waals surface area contributed by atoms with Crippen LogP contribution in [-0.2, 0) is 20.9 Å². The van der Waals surface area contributed by atoms with Gasteiger partial charge in [-0.2, -0.15) is 0 Å². The average Bonchev–Trinajstić information content (AvgIpc) is 3.13. The van der Waals surface area contributed by atoms with E-state index in [4.69, 9.17) is 4.74 Å². The van der Waals surface area contributed by atoms with Crippen molar-refractivity contribution in [2.45, 2.75) is 70.1 Å². The lowest BCUT2D eigenvalue weighted by molar-refractivity contribution is -0.176. The smallest absolute Gasteiger partial charge is 0.288 e. The molecule has 2 aromatic rings. The van der Waals surface area contributed by atoms with E-state index in [1.165, 1.54) is 0 Å². The van der Waals surface area contributed by atoms with Gasteiger partial charge >= 0.3 is 0 Å². The molecule has 2 atom stereocenters. The molecule has 0 saturated heterocycles. The van der Waals surface area contributed by atoms with E-state index in [9.17, 15) is 19.5 Å². The van der Waals surface area contributed by atoms with Crippen molar-refractivity contribution in [3.63, 3.8) is 0 Å². The maximum absolute atomic E-state index is 13.7. The molecule has 1 amide bonds. The number of fused-ring (bicyclic) bond motifs is 5. The van der Waals surface area contributed by atoms with Crippen LogP contribution in [0, 0.1) is 0 Å². The Labute approximate surface area is 188 Å². The Balaban J connectivity index is 1.75. The van der Waals surface area contributed by atoms with Gasteiger partial charge in [-0.1, -0.05) is 76.4 Å². The van der Waals surface area contributed by atoms with Crippen molar-refractivity contribution >= 4 is 17.5 Å². The molecular weight excluding hydrogens is 406 g/mol. The Morgan fingerprint density at radius 1 is 1.06 bits per heavy atom. The van der Waals surface area contributed by atoms with Crippen LogP contribution in [0.1, 0.15) is 85.8 Å². The van der Waals surface area contributed by atoms with E-state index in [0.717, 1.165) is 24.8 Å². The second kappa shape index (κ2) is 8.17. The molecule has 1 heterocycles. The third kappa shape index (κ3) is 3.16. The van der Waals surface area contributed by atoms with Gasteiger partial charge in [0.05, 0.1) is 0 Å². The van der Waals surface area contributed by atoms with Crippen LogP contribution in [0.4, 0.5) is 0 Å². The van der Waals surface area contributed by atoms with Gasteiger partial charge in [-0.3, -0.25) is 14.4 Å². The standard InChI is InChI=1S/C26H29NO5/c1-4-5-6-7-12-21(28)24(30)27-25-20-14-13-17(16(2)3)15-22(20)32-26(25,31)19-11-9-8-10-18(19)23(25)29/h8-11,13-16,31H,4-7,12H2,1-3H3,(H,27,30). The minimum atomic E-state index is -2.13. The fraction of sp³-hybridized carbons (Fsp3) is 0.423. The number of carbonyl (C=O) groups excluding carboxylic acids is 3. The fourth-order valence-corrected chi connectivity index (χ4v) is 4.70. The number of aliphatic hydroxyl groups is 1. The molecule has 2 N–H and O–H groups in total. The number of rotatable bonds is 8. The molecule has 2 aliphatic rings. The van der Waals surface area contributed by atoms with Crippen LogP contribution in [0.25, 0.3) is 0 Å². The van der Waals surface area contributed by atoms with Crippen LogP contribution in [0.3, 0.4) is 0 Å². The number of ether oxygens (including phenoxy) is 1. The normalized spacial score (nSPS) is 22.8. The van der Waals surface area contributed by atoms with E-state index in [1.54, 1.807) is 36.4 Å². The van der Waals surface area contributed by atoms with Gasteiger partial charge in [0.1, 0.15) is 5.75 Å². The summed E-state index contributed by atoms with van der Waals surface area (Å²) in [4.78, 5) is 39.2. The maximum Gasteiger partial charge on any atom is 0.288 e. The molecule has 0 aromatic heterocycles. The highest BCUT2D eigenvalue weighted by Gasteiger charge is 2.71. The summed E-state index contributed by atoms with van der Waals surface area (Å²) in [6.45, 7) is 6.13. The SMILES string of the molecule is CCCCCCC(=O)C(=O)NC12C(=O)c3ccccc3C1(O)Oc1cc(C(C)C)ccc12. The minimum Gasteiger partial charge on any atom is -0.454 e. The van der Waals surface area contributed by atoms with Gasteiger partial charge in [-0.25, -0.2) is 0 Å². The predicted octanol–water partition coefficient (Wildman–Crippen LogP) is 4.10. The van der Waals surface area contributed by atoms with Crippen LogP contribution in [0.5, 0.6) is 5.75 Å². The Morgan fingerprint density at radius 3 is 2.53 bits per heavy atom. The number of benzene rings is 2. The molecule has 4 rings (SSSR count). The molecule has 0 radical (unpaired) electrons. The maximum atomic E-state index is 13.7. The van der Waals surface area contributed by atoms with Gasteiger partial charge in [-0.05, 0) is 24.0 Å². The number of Topliss-reactive ketones (excluding diaryl/α,β-unsaturated/α-hetero) is 2. The zero-order valence-corrected chi connectivity index (χ0v) is 18.7. The second-order valence-electron chi connectivity index (χ2n) is 8.97. The summed E-state index contributed by atoms with van der Waals surface area (Å²) < 4.78 is 6.01. The number of unbranched alkanes of at least 4 members (excludes halogenated alkanes) is 3. The first-order valence-corrected chi connectivity index (χ1v) is 11.3. The lowest BCUT2D eigenvalue weighted by Crippen LogP contribution is -2.61. The van der Waals surface area contributed by atoms with E-state index in [2.05, 4.69) is 12.2 Å². The zero-order chi connectivity index (χ0) is 23.1. The van der Waals surface area contributed by atoms with Gasteiger partial charge in [-0.15, -0.1) is 0 Å². The molecule has 32 heavy (non-hydrogen) atoms. The van der Waals surface area contributed by atoms with Crippen molar-refractivity contribution in [2.75, 3.05) is 0 Å². The van der Waals surface area contributed by atoms with Crippen molar-refractivity contribution in [3.8, 4) is 5.75 Å². The predicted molar refractivity (Wildman–Crippen MR) is 119 cm³/mol. The van der Waals surface area contributed by atoms with Crippen molar-refractivity contribution in [1.82, 2.24) is 5.32 Å². The Bertz CT molecular complexity index is 1090. The fourth-order valence-electron chi connectivity index (χ4n) is 4.70. The van der Waals surface area contributed by atoms with Crippen molar-refractivity contribution < 1.29 is 24.2 Å². The Hall–Kier alpha value is -2.99. The van der Waals surface area contributed by atoms with E-state index in [1.807, 2.05) is 19.9 Å². The number of amides is 1. The third-order valence-electron chi connectivity index (χ3n) is 6.53. The molecule has 6 nitrogen and oxygen atoms in total. The molecule has 0 bridgehead atoms. The van der Waals surface area contributed by atoms with Gasteiger partial charge in [0.15, 0.2) is 0 Å². The number of ketones is 2. The molecule has 6 heteroatoms. The van der Waals surface area contributed by atoms with Gasteiger partial charge in [0.2, 0.25) is 17.1 Å². The van der Waals surface area contributed by atoms with Crippen LogP contribution in [0.2, 0.25) is 0 Å². The molecule has 0 fully saturated rings. The van der Waals surface area contributed by atoms with Crippen LogP contribution in [-0.4, -0.2) is 22.6 Å². The van der Waals surface area contributed by atoms with Gasteiger partial charge < -0.3 is 15.2 Å². The highest BCUT2D eigenvalue weighted by Crippen LogP contribution is 2.58. The first-order valence-electron chi connectivity index (χ1n) is 11.3. The summed E-state index contributed by atoms with van der Waals surface area (Å²) in [7, 11) is 0. The lowest BCUT2D eigenvalue weighted by atomic mass is 9.82. The third-order valence-corrected chi connectivity index (χ3v) is 6.53. The van der Waals surface area contributed by atoms with Crippen LogP contribution in [0.15, 0.2) is 42.5 Å². The van der Waals surface area contributed by atoms with Gasteiger partial charge in [0, 0.05) is 23.1 Å². The second-order valence-corrected chi connectivity index (χ2v) is 8.97. The highest BCUT2D eigenvalue weighted by atomic mass is 16.6. The average molecular weight is 436 g/mol. The summed E-state index contributed by atoms with van der Waals surface area (Å²) in [5.41, 5.74) is -0.0240. The number of carbonyl (C=O) groups is 3. The van der Waals surface area contributed by atoms with Crippen LogP contribution >= 0.6 is 0 Å². The molecule has 1 aliphatic heterocycles. The van der Waals surface area contributed by atoms with Crippen LogP contribution < -0.4 is 10.1 Å². The first-order chi connectivity index (χ1) is 15.3. The van der Waals surface area contributed by atoms with Crippen molar-refractivity contribution in [2.24, 2.45) is 0 Å². The molecule has 2 aromatic carbocycles. The van der Waals surface area contributed by atoms with Gasteiger partial charge in [0.25, 0.3) is 11.7 Å². The van der Waals surface area contributed by atoms with E-state index < -0.39 is 28.8 Å². The van der Waals surface area contributed by atoms with Crippen molar-refractivity contribution in [1.29, 1.82) is 0 Å². The van der Waals surface area contributed by atoms with Crippen molar-refractivity contribution in [3.05, 3.63) is 64.7 Å². The Kier molecular flexibility index (Phi) is 5.67. The molecule has 0 spiro atoms. The van der Waals surface area contributed by atoms with E-state index in [-0.39, 0.29) is 23.5 Å². The summed E-state index contributed by atoms with van der Waals surface area (Å²) in [5, 5.41) is 14.4. The summed E-state index contributed by atoms with van der Waals surface area (Å²) >= 11 is 0. The Morgan fingerprint density at radius 2 is 1.81 bits per heavy atom. The van der Waals surface area contributed by atoms with E-state index in [0.29, 0.717) is 17.7 Å². The molecule has 0 saturated carbocycles. The highest BCUT2D eigenvalue weighted by molar-refractivity contribution is 6.37. The summed E-state index contributed by atoms with van der Waals surface area (Å²) in [6, 6.07) is 12.0. The topological polar surface area (TPSA) is 92.7 Å². The molecular formula is C26H29NO5. The largest absolute Gasteiger partial charge is 0.454 e. The minimum absolute atomic E-state index is 0.0987. The number of hydrogen-bond acceptors (Lipinski definition) is 5. The molecule has 1 aliphatic carbocycles. The lowest BCUT2D eigenvalue weighted by Gasteiger charge is -2.34. The zero-order valence-electron chi connectivity index (χ0n) is 18.7. The molecule has 168 valence electrons. The quantitative estimate of drug-likeness (QED) is 0.481. The van der Waals surface area contributed by atoms with E-state index >= 15 is 0 Å². The summed E-state index contributed by atoms with van der Waals surface area (Å²) in [5.74, 6) is -3.57. The number of nitrogens with one attached hydrogen (secondary N) is 1. The first kappa shape index (κ1) is 22.2.